The lowest BCUT2D eigenvalue weighted by atomic mass is 9.82. The van der Waals surface area contributed by atoms with E-state index in [1.807, 2.05) is 0 Å². The summed E-state index contributed by atoms with van der Waals surface area (Å²) in [6.07, 6.45) is 6.82. The molecule has 2 nitrogen and oxygen atoms in total. The topological polar surface area (TPSA) is 9.86 Å². The number of nitrogens with zero attached hydrogens (tertiary/aromatic N) is 2. The number of rotatable bonds is 4. The van der Waals surface area contributed by atoms with Gasteiger partial charge in [0.25, 0.3) is 0 Å². The van der Waals surface area contributed by atoms with Gasteiger partial charge in [-0.25, -0.2) is 0 Å². The van der Waals surface area contributed by atoms with Gasteiger partial charge in [-0.1, -0.05) is 129 Å². The molecule has 0 N–H and O–H groups in total. The van der Waals surface area contributed by atoms with Gasteiger partial charge in [0.1, 0.15) is 0 Å². The minimum atomic E-state index is -0.0108. The smallest absolute Gasteiger partial charge is 0.0541 e. The molecular weight excluding hydrogens is 641 g/mol. The van der Waals surface area contributed by atoms with Crippen LogP contribution >= 0.6 is 0 Å². The molecule has 53 heavy (non-hydrogen) atoms. The van der Waals surface area contributed by atoms with Gasteiger partial charge < -0.3 is 9.13 Å². The molecule has 11 rings (SSSR count). The van der Waals surface area contributed by atoms with Crippen LogP contribution in [0.4, 0.5) is 0 Å². The summed E-state index contributed by atoms with van der Waals surface area (Å²) in [6, 6.07) is 58.6. The molecule has 0 spiro atoms. The lowest BCUT2D eigenvalue weighted by Gasteiger charge is -2.21. The first-order valence-corrected chi connectivity index (χ1v) is 18.8. The quantitative estimate of drug-likeness (QED) is 0.175. The Labute approximate surface area is 309 Å². The molecule has 2 heterocycles. The monoisotopic (exact) mass is 678 g/mol. The second kappa shape index (κ2) is 11.3. The van der Waals surface area contributed by atoms with Crippen molar-refractivity contribution in [1.29, 1.82) is 0 Å². The first-order chi connectivity index (χ1) is 26.0. The molecule has 0 saturated heterocycles. The number of fused-ring (bicyclic) bond motifs is 9. The Balaban J connectivity index is 1.05. The molecule has 2 aromatic heterocycles. The number of allylic oxidation sites excluding steroid dienone is 4. The van der Waals surface area contributed by atoms with E-state index in [-0.39, 0.29) is 5.41 Å². The fraction of sp³-hybridized carbons (Fsp3) is 0.0980. The maximum Gasteiger partial charge on any atom is 0.0541 e. The molecule has 0 fully saturated rings. The van der Waals surface area contributed by atoms with Crippen molar-refractivity contribution < 1.29 is 0 Å². The molecule has 7 aromatic carbocycles. The molecule has 2 aliphatic rings. The van der Waals surface area contributed by atoms with Crippen LogP contribution in [-0.4, -0.2) is 9.13 Å². The molecule has 0 radical (unpaired) electrons. The van der Waals surface area contributed by atoms with Crippen molar-refractivity contribution >= 4 is 54.9 Å². The fourth-order valence-corrected chi connectivity index (χ4v) is 9.43. The Morgan fingerprint density at radius 3 is 1.77 bits per heavy atom. The molecule has 0 aliphatic heterocycles. The van der Waals surface area contributed by atoms with Gasteiger partial charge in [-0.3, -0.25) is 0 Å². The highest BCUT2D eigenvalue weighted by atomic mass is 15.0. The van der Waals surface area contributed by atoms with Crippen LogP contribution in [0, 0.1) is 0 Å². The number of para-hydroxylation sites is 2. The summed E-state index contributed by atoms with van der Waals surface area (Å²) < 4.78 is 4.95. The Bertz CT molecular complexity index is 3020. The highest BCUT2D eigenvalue weighted by Gasteiger charge is 2.35. The predicted molar refractivity (Wildman–Crippen MR) is 225 cm³/mol. The van der Waals surface area contributed by atoms with Crippen molar-refractivity contribution in [3.8, 4) is 27.9 Å². The number of aromatic nitrogens is 2. The Hall–Kier alpha value is -6.38. The zero-order valence-corrected chi connectivity index (χ0v) is 30.0. The van der Waals surface area contributed by atoms with E-state index >= 15 is 0 Å². The molecule has 2 aliphatic carbocycles. The first-order valence-electron chi connectivity index (χ1n) is 18.8. The minimum absolute atomic E-state index is 0.0108. The van der Waals surface area contributed by atoms with Crippen molar-refractivity contribution in [2.24, 2.45) is 0 Å². The van der Waals surface area contributed by atoms with E-state index in [0.29, 0.717) is 0 Å². The highest BCUT2D eigenvalue weighted by Crippen LogP contribution is 2.49. The van der Waals surface area contributed by atoms with E-state index < -0.39 is 0 Å². The lowest BCUT2D eigenvalue weighted by molar-refractivity contribution is 0.660. The maximum atomic E-state index is 2.50. The van der Waals surface area contributed by atoms with Crippen LogP contribution in [0.2, 0.25) is 0 Å². The summed E-state index contributed by atoms with van der Waals surface area (Å²) in [6.45, 7) is 4.70. The van der Waals surface area contributed by atoms with Crippen LogP contribution in [0.25, 0.3) is 82.8 Å². The maximum absolute atomic E-state index is 2.50. The average Bonchev–Trinajstić information content (AvgIpc) is 3.81. The Morgan fingerprint density at radius 1 is 0.453 bits per heavy atom. The van der Waals surface area contributed by atoms with Crippen LogP contribution in [0.3, 0.4) is 0 Å². The van der Waals surface area contributed by atoms with E-state index in [9.17, 15) is 0 Å². The molecule has 0 unspecified atom stereocenters. The van der Waals surface area contributed by atoms with Crippen molar-refractivity contribution in [3.05, 3.63) is 187 Å². The van der Waals surface area contributed by atoms with Gasteiger partial charge in [0.15, 0.2) is 0 Å². The van der Waals surface area contributed by atoms with Gasteiger partial charge >= 0.3 is 0 Å². The third-order valence-corrected chi connectivity index (χ3v) is 12.0. The van der Waals surface area contributed by atoms with Crippen molar-refractivity contribution in [3.63, 3.8) is 0 Å². The SMILES string of the molecule is CC1(C)c2ccccc2-c2cc(-n3c4ccccc4c4cc(-c5ccc6c(c5)c5ccccc5n6C5=CC(c6ccccc6)=CCC5)ccc43)ccc21. The van der Waals surface area contributed by atoms with Crippen LogP contribution in [-0.2, 0) is 5.41 Å². The Morgan fingerprint density at radius 2 is 1.04 bits per heavy atom. The van der Waals surface area contributed by atoms with Gasteiger partial charge in [0.05, 0.1) is 22.1 Å². The van der Waals surface area contributed by atoms with Gasteiger partial charge in [-0.2, -0.15) is 0 Å². The van der Waals surface area contributed by atoms with Crippen LogP contribution in [0.1, 0.15) is 43.4 Å². The summed E-state index contributed by atoms with van der Waals surface area (Å²) in [5.41, 5.74) is 18.0. The van der Waals surface area contributed by atoms with Crippen LogP contribution in [0.5, 0.6) is 0 Å². The normalized spacial score (nSPS) is 14.8. The first kappa shape index (κ1) is 30.3. The number of benzene rings is 7. The molecule has 9 aromatic rings. The zero-order chi connectivity index (χ0) is 35.3. The van der Waals surface area contributed by atoms with E-state index in [2.05, 4.69) is 193 Å². The lowest BCUT2D eigenvalue weighted by Crippen LogP contribution is -2.14. The largest absolute Gasteiger partial charge is 0.313 e. The molecule has 0 atom stereocenters. The predicted octanol–water partition coefficient (Wildman–Crippen LogP) is 13.6. The van der Waals surface area contributed by atoms with E-state index in [0.717, 1.165) is 12.8 Å². The summed E-state index contributed by atoms with van der Waals surface area (Å²) in [7, 11) is 0. The van der Waals surface area contributed by atoms with Gasteiger partial charge in [-0.05, 0) is 112 Å². The summed E-state index contributed by atoms with van der Waals surface area (Å²) in [5, 5.41) is 5.13. The number of hydrogen-bond acceptors (Lipinski definition) is 0. The molecule has 0 bridgehead atoms. The van der Waals surface area contributed by atoms with Crippen molar-refractivity contribution in [2.75, 3.05) is 0 Å². The summed E-state index contributed by atoms with van der Waals surface area (Å²) in [5.74, 6) is 0. The molecule has 2 heteroatoms. The van der Waals surface area contributed by atoms with Crippen molar-refractivity contribution in [2.45, 2.75) is 32.1 Å². The van der Waals surface area contributed by atoms with Crippen molar-refractivity contribution in [1.82, 2.24) is 9.13 Å². The third kappa shape index (κ3) is 4.45. The molecule has 0 saturated carbocycles. The zero-order valence-electron chi connectivity index (χ0n) is 30.0. The summed E-state index contributed by atoms with van der Waals surface area (Å²) in [4.78, 5) is 0. The molecule has 252 valence electrons. The Kier molecular flexibility index (Phi) is 6.46. The van der Waals surface area contributed by atoms with E-state index in [4.69, 9.17) is 0 Å². The van der Waals surface area contributed by atoms with Gasteiger partial charge in [0, 0.05) is 38.3 Å². The average molecular weight is 679 g/mol. The molecular formula is C51H38N2. The second-order valence-corrected chi connectivity index (χ2v) is 15.3. The van der Waals surface area contributed by atoms with E-state index in [1.165, 1.54) is 99.5 Å². The van der Waals surface area contributed by atoms with Crippen LogP contribution in [0.15, 0.2) is 170 Å². The standard InChI is InChI=1S/C51H38N2/c1-51(2)45-20-9-6-17-39(45)42-32-38(25-26-46(42)51)53-48-22-11-8-19-41(48)44-31-36(24-28-50(44)53)35-23-27-49-43(30-35)40-18-7-10-21-47(40)52(49)37-16-12-15-34(29-37)33-13-4-3-5-14-33/h3-11,13-15,17-32H,12,16H2,1-2H3. The minimum Gasteiger partial charge on any atom is -0.313 e. The summed E-state index contributed by atoms with van der Waals surface area (Å²) >= 11 is 0. The highest BCUT2D eigenvalue weighted by molar-refractivity contribution is 6.13. The third-order valence-electron chi connectivity index (χ3n) is 12.0. The van der Waals surface area contributed by atoms with Crippen LogP contribution < -0.4 is 0 Å². The number of hydrogen-bond donors (Lipinski definition) is 0. The van der Waals surface area contributed by atoms with Gasteiger partial charge in [0.2, 0.25) is 0 Å². The van der Waals surface area contributed by atoms with Gasteiger partial charge in [-0.15, -0.1) is 0 Å². The fourth-order valence-electron chi connectivity index (χ4n) is 9.43. The van der Waals surface area contributed by atoms with E-state index in [1.54, 1.807) is 0 Å². The molecule has 0 amide bonds. The second-order valence-electron chi connectivity index (χ2n) is 15.3.